The molecule has 1 saturated carbocycles. The molecule has 2 nitrogen and oxygen atoms in total. The average molecular weight is 213 g/mol. The second-order valence-corrected chi connectivity index (χ2v) is 9.05. The van der Waals surface area contributed by atoms with Gasteiger partial charge in [-0.15, -0.1) is 0 Å². The van der Waals surface area contributed by atoms with Gasteiger partial charge in [0.05, 0.1) is 0 Å². The first-order chi connectivity index (χ1) is 6.87. The van der Waals surface area contributed by atoms with E-state index in [0.717, 1.165) is 18.3 Å². The van der Waals surface area contributed by atoms with E-state index in [0.29, 0.717) is 0 Å². The molecule has 0 amide bonds. The van der Waals surface area contributed by atoms with E-state index in [2.05, 4.69) is 0 Å². The molecule has 0 aromatic heterocycles. The van der Waals surface area contributed by atoms with Crippen LogP contribution in [0.1, 0.15) is 44.9 Å². The molecule has 2 fully saturated rings. The van der Waals surface area contributed by atoms with E-state index >= 15 is 0 Å². The summed E-state index contributed by atoms with van der Waals surface area (Å²) in [5.74, 6) is 0. The van der Waals surface area contributed by atoms with Crippen molar-refractivity contribution in [3.8, 4) is 0 Å². The van der Waals surface area contributed by atoms with Crippen LogP contribution in [0.2, 0.25) is 11.6 Å². The Labute approximate surface area is 88.3 Å². The summed E-state index contributed by atoms with van der Waals surface area (Å²) in [5.41, 5.74) is 6.90. The van der Waals surface area contributed by atoms with Gasteiger partial charge in [0.25, 0.3) is 0 Å². The van der Waals surface area contributed by atoms with Crippen LogP contribution in [-0.4, -0.2) is 21.1 Å². The Morgan fingerprint density at radius 2 is 1.86 bits per heavy atom. The second-order valence-electron chi connectivity index (χ2n) is 4.91. The van der Waals surface area contributed by atoms with Crippen molar-refractivity contribution < 1.29 is 4.43 Å². The SMILES string of the molecule is NC[Si]1(C2CCCCC2)CCCCO1. The lowest BCUT2D eigenvalue weighted by molar-refractivity contribution is 0.248. The van der Waals surface area contributed by atoms with Crippen molar-refractivity contribution in [3.63, 3.8) is 0 Å². The van der Waals surface area contributed by atoms with Crippen LogP contribution >= 0.6 is 0 Å². The zero-order valence-electron chi connectivity index (χ0n) is 9.13. The lowest BCUT2D eigenvalue weighted by atomic mass is 10.0. The van der Waals surface area contributed by atoms with Gasteiger partial charge in [-0.05, 0) is 18.0 Å². The van der Waals surface area contributed by atoms with E-state index in [1.807, 2.05) is 0 Å². The molecule has 1 aliphatic carbocycles. The van der Waals surface area contributed by atoms with E-state index < -0.39 is 8.32 Å². The van der Waals surface area contributed by atoms with Crippen molar-refractivity contribution in [2.75, 3.05) is 12.8 Å². The number of rotatable bonds is 2. The van der Waals surface area contributed by atoms with Gasteiger partial charge in [-0.25, -0.2) is 0 Å². The van der Waals surface area contributed by atoms with Gasteiger partial charge in [0.2, 0.25) is 8.32 Å². The van der Waals surface area contributed by atoms with Crippen molar-refractivity contribution in [3.05, 3.63) is 0 Å². The molecule has 1 atom stereocenters. The molecule has 3 heteroatoms. The number of nitrogens with two attached hydrogens (primary N) is 1. The quantitative estimate of drug-likeness (QED) is 0.716. The summed E-state index contributed by atoms with van der Waals surface area (Å²) in [5, 5.41) is 0. The predicted molar refractivity (Wildman–Crippen MR) is 61.6 cm³/mol. The van der Waals surface area contributed by atoms with E-state index in [1.165, 1.54) is 51.0 Å². The molecule has 0 aromatic carbocycles. The lowest BCUT2D eigenvalue weighted by Gasteiger charge is -2.42. The third-order valence-corrected chi connectivity index (χ3v) is 8.81. The normalized spacial score (nSPS) is 35.8. The molecular formula is C11H23NOSi. The Bertz CT molecular complexity index is 174. The topological polar surface area (TPSA) is 35.2 Å². The Morgan fingerprint density at radius 1 is 1.07 bits per heavy atom. The predicted octanol–water partition coefficient (Wildman–Crippen LogP) is 2.57. The van der Waals surface area contributed by atoms with Gasteiger partial charge in [0.1, 0.15) is 0 Å². The molecule has 1 aliphatic heterocycles. The minimum absolute atomic E-state index is 0.873. The fraction of sp³-hybridized carbons (Fsp3) is 1.00. The van der Waals surface area contributed by atoms with Gasteiger partial charge in [0, 0.05) is 12.8 Å². The molecule has 0 bridgehead atoms. The maximum Gasteiger partial charge on any atom is 0.208 e. The third kappa shape index (κ3) is 2.04. The highest BCUT2D eigenvalue weighted by atomic mass is 28.4. The van der Waals surface area contributed by atoms with Crippen molar-refractivity contribution in [2.24, 2.45) is 5.73 Å². The molecule has 1 heterocycles. The molecular weight excluding hydrogens is 190 g/mol. The van der Waals surface area contributed by atoms with Gasteiger partial charge in [-0.2, -0.15) is 0 Å². The molecule has 1 unspecified atom stereocenters. The average Bonchev–Trinajstić information content (AvgIpc) is 2.31. The summed E-state index contributed by atoms with van der Waals surface area (Å²) in [6.45, 7) is 1.000. The fourth-order valence-corrected chi connectivity index (χ4v) is 7.46. The third-order valence-electron chi connectivity index (χ3n) is 4.08. The molecule has 82 valence electrons. The highest BCUT2D eigenvalue weighted by molar-refractivity contribution is 6.75. The maximum atomic E-state index is 6.17. The number of hydrogen-bond donors (Lipinski definition) is 1. The van der Waals surface area contributed by atoms with Gasteiger partial charge in [-0.3, -0.25) is 0 Å². The zero-order chi connectivity index (χ0) is 9.86. The van der Waals surface area contributed by atoms with Gasteiger partial charge < -0.3 is 10.2 Å². The van der Waals surface area contributed by atoms with Crippen LogP contribution in [0.15, 0.2) is 0 Å². The Morgan fingerprint density at radius 3 is 2.43 bits per heavy atom. The monoisotopic (exact) mass is 213 g/mol. The Kier molecular flexibility index (Phi) is 3.63. The molecule has 0 radical (unpaired) electrons. The van der Waals surface area contributed by atoms with Gasteiger partial charge in [0.15, 0.2) is 0 Å². The molecule has 2 rings (SSSR count). The molecule has 1 saturated heterocycles. The van der Waals surface area contributed by atoms with Crippen LogP contribution in [0, 0.1) is 0 Å². The Hall–Kier alpha value is 0.137. The van der Waals surface area contributed by atoms with Crippen LogP contribution in [-0.2, 0) is 4.43 Å². The summed E-state index contributed by atoms with van der Waals surface area (Å²) in [6, 6.07) is 1.34. The van der Waals surface area contributed by atoms with Crippen molar-refractivity contribution in [1.29, 1.82) is 0 Å². The van der Waals surface area contributed by atoms with Gasteiger partial charge in [-0.1, -0.05) is 38.5 Å². The smallest absolute Gasteiger partial charge is 0.208 e. The van der Waals surface area contributed by atoms with Crippen molar-refractivity contribution >= 4 is 8.32 Å². The minimum atomic E-state index is -1.48. The summed E-state index contributed by atoms with van der Waals surface area (Å²) >= 11 is 0. The zero-order valence-corrected chi connectivity index (χ0v) is 10.1. The number of hydrogen-bond acceptors (Lipinski definition) is 2. The van der Waals surface area contributed by atoms with Crippen LogP contribution in [0.4, 0.5) is 0 Å². The molecule has 2 aliphatic rings. The van der Waals surface area contributed by atoms with E-state index in [-0.39, 0.29) is 0 Å². The minimum Gasteiger partial charge on any atom is -0.415 e. The summed E-state index contributed by atoms with van der Waals surface area (Å²) in [4.78, 5) is 0. The second kappa shape index (κ2) is 4.77. The van der Waals surface area contributed by atoms with Crippen LogP contribution < -0.4 is 5.73 Å². The summed E-state index contributed by atoms with van der Waals surface area (Å²) < 4.78 is 6.17. The first kappa shape index (κ1) is 10.6. The molecule has 2 N–H and O–H groups in total. The van der Waals surface area contributed by atoms with E-state index in [9.17, 15) is 0 Å². The van der Waals surface area contributed by atoms with Crippen molar-refractivity contribution in [2.45, 2.75) is 56.5 Å². The largest absolute Gasteiger partial charge is 0.415 e. The summed E-state index contributed by atoms with van der Waals surface area (Å²) in [6.07, 6.45) is 10.6. The van der Waals surface area contributed by atoms with Crippen LogP contribution in [0.3, 0.4) is 0 Å². The molecule has 0 aromatic rings. The highest BCUT2D eigenvalue weighted by Gasteiger charge is 2.43. The van der Waals surface area contributed by atoms with E-state index in [1.54, 1.807) is 0 Å². The maximum absolute atomic E-state index is 6.17. The first-order valence-corrected chi connectivity index (χ1v) is 8.61. The van der Waals surface area contributed by atoms with Crippen LogP contribution in [0.5, 0.6) is 0 Å². The molecule has 0 spiro atoms. The van der Waals surface area contributed by atoms with Crippen LogP contribution in [0.25, 0.3) is 0 Å². The standard InChI is InChI=1S/C11H23NOSi/c12-10-14(9-5-4-8-13-14)11-6-2-1-3-7-11/h11H,1-10,12H2. The molecule has 14 heavy (non-hydrogen) atoms. The fourth-order valence-electron chi connectivity index (χ4n) is 3.15. The van der Waals surface area contributed by atoms with Crippen molar-refractivity contribution in [1.82, 2.24) is 0 Å². The van der Waals surface area contributed by atoms with Gasteiger partial charge >= 0.3 is 0 Å². The summed E-state index contributed by atoms with van der Waals surface area (Å²) in [7, 11) is -1.48. The highest BCUT2D eigenvalue weighted by Crippen LogP contribution is 2.41. The first-order valence-electron chi connectivity index (χ1n) is 6.21. The Balaban J connectivity index is 2.01. The lowest BCUT2D eigenvalue weighted by Crippen LogP contribution is -2.53. The van der Waals surface area contributed by atoms with E-state index in [4.69, 9.17) is 10.2 Å².